The van der Waals surface area contributed by atoms with Crippen molar-refractivity contribution in [3.05, 3.63) is 29.6 Å². The number of carbonyl (C=O) groups excluding carboxylic acids is 1. The van der Waals surface area contributed by atoms with Crippen molar-refractivity contribution in [1.29, 1.82) is 0 Å². The van der Waals surface area contributed by atoms with Crippen LogP contribution in [-0.4, -0.2) is 29.0 Å². The highest BCUT2D eigenvalue weighted by Crippen LogP contribution is 2.25. The first kappa shape index (κ1) is 13.8. The van der Waals surface area contributed by atoms with Gasteiger partial charge in [0.15, 0.2) is 0 Å². The van der Waals surface area contributed by atoms with E-state index in [9.17, 15) is 14.3 Å². The monoisotopic (exact) mass is 265 g/mol. The summed E-state index contributed by atoms with van der Waals surface area (Å²) >= 11 is 0. The number of likely N-dealkylation sites (tertiary alicyclic amines) is 1. The van der Waals surface area contributed by atoms with Crippen molar-refractivity contribution in [2.45, 2.75) is 32.6 Å². The average Bonchev–Trinajstić information content (AvgIpc) is 2.42. The van der Waals surface area contributed by atoms with Gasteiger partial charge in [0.2, 0.25) is 0 Å². The molecule has 2 rings (SSSR count). The number of rotatable bonds is 3. The van der Waals surface area contributed by atoms with Crippen LogP contribution >= 0.6 is 0 Å². The maximum Gasteiger partial charge on any atom is 0.257 e. The first-order chi connectivity index (χ1) is 9.11. The Kier molecular flexibility index (Phi) is 4.40. The van der Waals surface area contributed by atoms with Gasteiger partial charge in [0.25, 0.3) is 5.91 Å². The molecule has 0 aliphatic carbocycles. The number of hydrogen-bond acceptors (Lipinski definition) is 2. The summed E-state index contributed by atoms with van der Waals surface area (Å²) in [5.41, 5.74) is 0.0638. The first-order valence-corrected chi connectivity index (χ1v) is 6.89. The number of amides is 1. The summed E-state index contributed by atoms with van der Waals surface area (Å²) in [7, 11) is 0. The van der Waals surface area contributed by atoms with Crippen molar-refractivity contribution in [3.63, 3.8) is 0 Å². The van der Waals surface area contributed by atoms with Crippen LogP contribution in [0.4, 0.5) is 4.39 Å². The molecule has 0 aromatic heterocycles. The second kappa shape index (κ2) is 6.04. The van der Waals surface area contributed by atoms with Crippen LogP contribution < -0.4 is 0 Å². The van der Waals surface area contributed by atoms with Crippen LogP contribution in [0.5, 0.6) is 5.75 Å². The highest BCUT2D eigenvalue weighted by Gasteiger charge is 2.24. The Balaban J connectivity index is 2.03. The molecule has 0 unspecified atom stereocenters. The van der Waals surface area contributed by atoms with Gasteiger partial charge in [0.1, 0.15) is 11.6 Å². The number of nitrogens with zero attached hydrogens (tertiary/aromatic N) is 1. The van der Waals surface area contributed by atoms with Gasteiger partial charge in [-0.3, -0.25) is 4.79 Å². The molecule has 3 nitrogen and oxygen atoms in total. The smallest absolute Gasteiger partial charge is 0.257 e. The van der Waals surface area contributed by atoms with Gasteiger partial charge in [-0.2, -0.15) is 0 Å². The van der Waals surface area contributed by atoms with Crippen molar-refractivity contribution in [1.82, 2.24) is 4.90 Å². The number of carbonyl (C=O) groups is 1. The van der Waals surface area contributed by atoms with E-state index in [0.29, 0.717) is 19.0 Å². The number of phenols is 1. The number of halogens is 1. The number of piperidine rings is 1. The summed E-state index contributed by atoms with van der Waals surface area (Å²) in [5.74, 6) is -0.230. The quantitative estimate of drug-likeness (QED) is 0.911. The lowest BCUT2D eigenvalue weighted by molar-refractivity contribution is 0.0683. The minimum Gasteiger partial charge on any atom is -0.507 e. The third-order valence-electron chi connectivity index (χ3n) is 3.79. The van der Waals surface area contributed by atoms with Crippen molar-refractivity contribution >= 4 is 5.91 Å². The number of benzene rings is 1. The van der Waals surface area contributed by atoms with Crippen LogP contribution in [-0.2, 0) is 0 Å². The van der Waals surface area contributed by atoms with Gasteiger partial charge in [-0.15, -0.1) is 0 Å². The molecule has 1 aromatic rings. The van der Waals surface area contributed by atoms with Crippen LogP contribution in [0.25, 0.3) is 0 Å². The summed E-state index contributed by atoms with van der Waals surface area (Å²) in [4.78, 5) is 13.9. The van der Waals surface area contributed by atoms with Gasteiger partial charge in [-0.25, -0.2) is 4.39 Å². The molecule has 1 N–H and O–H groups in total. The lowest BCUT2D eigenvalue weighted by Gasteiger charge is -2.32. The normalized spacial score (nSPS) is 16.6. The molecule has 104 valence electrons. The molecule has 1 amide bonds. The van der Waals surface area contributed by atoms with Crippen LogP contribution in [0, 0.1) is 11.7 Å². The molecule has 1 aliphatic rings. The zero-order valence-corrected chi connectivity index (χ0v) is 11.2. The Labute approximate surface area is 113 Å². The average molecular weight is 265 g/mol. The van der Waals surface area contributed by atoms with Crippen LogP contribution in [0.1, 0.15) is 43.0 Å². The number of aromatic hydroxyl groups is 1. The fourth-order valence-electron chi connectivity index (χ4n) is 2.68. The van der Waals surface area contributed by atoms with Crippen molar-refractivity contribution in [2.24, 2.45) is 5.92 Å². The molecule has 19 heavy (non-hydrogen) atoms. The molecule has 0 bridgehead atoms. The van der Waals surface area contributed by atoms with Gasteiger partial charge in [-0.05, 0) is 37.0 Å². The highest BCUT2D eigenvalue weighted by atomic mass is 19.1. The van der Waals surface area contributed by atoms with E-state index in [4.69, 9.17) is 0 Å². The standard InChI is InChI=1S/C15H20FNO2/c1-2-3-11-6-8-17(9-7-11)15(19)13-10-12(16)4-5-14(13)18/h4-5,10-11,18H,2-3,6-9H2,1H3. The predicted octanol–water partition coefficient (Wildman–Crippen LogP) is 3.18. The molecule has 1 aromatic carbocycles. The third-order valence-corrected chi connectivity index (χ3v) is 3.79. The summed E-state index contributed by atoms with van der Waals surface area (Å²) in [6, 6.07) is 3.49. The molecule has 1 aliphatic heterocycles. The van der Waals surface area contributed by atoms with Crippen molar-refractivity contribution in [3.8, 4) is 5.75 Å². The minimum absolute atomic E-state index is 0.0638. The van der Waals surface area contributed by atoms with Crippen LogP contribution in [0.15, 0.2) is 18.2 Å². The third kappa shape index (κ3) is 3.25. The molecule has 0 spiro atoms. The minimum atomic E-state index is -0.498. The van der Waals surface area contributed by atoms with E-state index < -0.39 is 5.82 Å². The Morgan fingerprint density at radius 2 is 2.11 bits per heavy atom. The van der Waals surface area contributed by atoms with E-state index >= 15 is 0 Å². The van der Waals surface area contributed by atoms with Gasteiger partial charge in [0, 0.05) is 13.1 Å². The molecule has 1 saturated heterocycles. The van der Waals surface area contributed by atoms with E-state index in [2.05, 4.69) is 6.92 Å². The molecule has 0 radical (unpaired) electrons. The zero-order chi connectivity index (χ0) is 13.8. The Hall–Kier alpha value is -1.58. The maximum absolute atomic E-state index is 13.2. The molecule has 4 heteroatoms. The molecule has 0 saturated carbocycles. The molecular weight excluding hydrogens is 245 g/mol. The Morgan fingerprint density at radius 1 is 1.42 bits per heavy atom. The largest absolute Gasteiger partial charge is 0.507 e. The van der Waals surface area contributed by atoms with Gasteiger partial charge in [-0.1, -0.05) is 19.8 Å². The van der Waals surface area contributed by atoms with Gasteiger partial charge >= 0.3 is 0 Å². The van der Waals surface area contributed by atoms with Crippen molar-refractivity contribution < 1.29 is 14.3 Å². The fourth-order valence-corrected chi connectivity index (χ4v) is 2.68. The Bertz CT molecular complexity index is 453. The van der Waals surface area contributed by atoms with E-state index in [1.54, 1.807) is 4.90 Å². The van der Waals surface area contributed by atoms with E-state index in [1.807, 2.05) is 0 Å². The lowest BCUT2D eigenvalue weighted by atomic mass is 9.92. The summed E-state index contributed by atoms with van der Waals surface area (Å²) in [6.45, 7) is 3.56. The Morgan fingerprint density at radius 3 is 2.74 bits per heavy atom. The van der Waals surface area contributed by atoms with Gasteiger partial charge in [0.05, 0.1) is 5.56 Å². The highest BCUT2D eigenvalue weighted by molar-refractivity contribution is 5.96. The van der Waals surface area contributed by atoms with Crippen molar-refractivity contribution in [2.75, 3.05) is 13.1 Å². The fraction of sp³-hybridized carbons (Fsp3) is 0.533. The van der Waals surface area contributed by atoms with Crippen LogP contribution in [0.2, 0.25) is 0 Å². The topological polar surface area (TPSA) is 40.5 Å². The lowest BCUT2D eigenvalue weighted by Crippen LogP contribution is -2.38. The van der Waals surface area contributed by atoms with Crippen LogP contribution in [0.3, 0.4) is 0 Å². The second-order valence-electron chi connectivity index (χ2n) is 5.19. The predicted molar refractivity (Wildman–Crippen MR) is 71.6 cm³/mol. The first-order valence-electron chi connectivity index (χ1n) is 6.89. The molecule has 1 fully saturated rings. The molecular formula is C15H20FNO2. The van der Waals surface area contributed by atoms with E-state index in [1.165, 1.54) is 18.9 Å². The van der Waals surface area contributed by atoms with E-state index in [0.717, 1.165) is 25.0 Å². The summed E-state index contributed by atoms with van der Waals surface area (Å²) in [6.07, 6.45) is 4.36. The SMILES string of the molecule is CCCC1CCN(C(=O)c2cc(F)ccc2O)CC1. The maximum atomic E-state index is 13.2. The van der Waals surface area contributed by atoms with Gasteiger partial charge < -0.3 is 10.0 Å². The van der Waals surface area contributed by atoms with E-state index in [-0.39, 0.29) is 17.2 Å². The molecule has 0 atom stereocenters. The number of hydrogen-bond donors (Lipinski definition) is 1. The summed E-state index contributed by atoms with van der Waals surface area (Å²) in [5, 5.41) is 9.66. The second-order valence-corrected chi connectivity index (χ2v) is 5.19. The number of phenolic OH excluding ortho intramolecular Hbond substituents is 1. The summed E-state index contributed by atoms with van der Waals surface area (Å²) < 4.78 is 13.2. The molecule has 1 heterocycles. The zero-order valence-electron chi connectivity index (χ0n) is 11.2.